The summed E-state index contributed by atoms with van der Waals surface area (Å²) in [7, 11) is 0. The van der Waals surface area contributed by atoms with Crippen LogP contribution in [-0.4, -0.2) is 26.6 Å². The minimum atomic E-state index is -0.884. The molecular weight excluding hydrogens is 270 g/mol. The summed E-state index contributed by atoms with van der Waals surface area (Å²) in [5.74, 6) is 0. The van der Waals surface area contributed by atoms with E-state index < -0.39 is 12.2 Å². The number of pyridine rings is 1. The number of nitrogens with zero attached hydrogens (tertiary/aromatic N) is 1. The van der Waals surface area contributed by atoms with Gasteiger partial charge in [-0.25, -0.2) is 0 Å². The largest absolute Gasteiger partial charge is 0.389 e. The van der Waals surface area contributed by atoms with Crippen molar-refractivity contribution in [3.8, 4) is 0 Å². The van der Waals surface area contributed by atoms with Crippen molar-refractivity contribution in [2.75, 3.05) is 5.33 Å². The molecule has 0 aliphatic carbocycles. The van der Waals surface area contributed by atoms with Crippen molar-refractivity contribution >= 4 is 26.7 Å². The third kappa shape index (κ3) is 2.09. The number of hydrogen-bond acceptors (Lipinski definition) is 3. The summed E-state index contributed by atoms with van der Waals surface area (Å²) in [6.07, 6.45) is 1.73. The van der Waals surface area contributed by atoms with Gasteiger partial charge in [-0.2, -0.15) is 0 Å². The number of aliphatic hydroxyl groups is 2. The lowest BCUT2D eigenvalue weighted by molar-refractivity contribution is 0.0352. The zero-order chi connectivity index (χ0) is 11.5. The topological polar surface area (TPSA) is 53.4 Å². The first-order chi connectivity index (χ1) is 7.74. The fourth-order valence-electron chi connectivity index (χ4n) is 1.70. The molecule has 1 aromatic heterocycles. The smallest absolute Gasteiger partial charge is 0.106 e. The number of aliphatic hydroxyl groups excluding tert-OH is 2. The van der Waals surface area contributed by atoms with Gasteiger partial charge in [0.05, 0.1) is 6.10 Å². The fraction of sp³-hybridized carbons (Fsp3) is 0.250. The molecule has 0 aliphatic rings. The van der Waals surface area contributed by atoms with Crippen LogP contribution in [-0.2, 0) is 0 Å². The number of benzene rings is 1. The number of fused-ring (bicyclic) bond motifs is 1. The van der Waals surface area contributed by atoms with Crippen LogP contribution in [0.15, 0.2) is 36.7 Å². The lowest BCUT2D eigenvalue weighted by Crippen LogP contribution is -2.19. The average molecular weight is 282 g/mol. The highest BCUT2D eigenvalue weighted by molar-refractivity contribution is 9.09. The van der Waals surface area contributed by atoms with E-state index in [2.05, 4.69) is 20.9 Å². The molecular formula is C12H12BrNO2. The zero-order valence-electron chi connectivity index (χ0n) is 8.55. The second-order valence-corrected chi connectivity index (χ2v) is 4.26. The van der Waals surface area contributed by atoms with Crippen LogP contribution in [0.4, 0.5) is 0 Å². The average Bonchev–Trinajstić information content (AvgIpc) is 2.36. The standard InChI is InChI=1S/C12H12BrNO2/c13-6-11(15)12(16)10-3-1-2-8-7-14-5-4-9(8)10/h1-5,7,11-12,15-16H,6H2. The van der Waals surface area contributed by atoms with Crippen molar-refractivity contribution in [2.45, 2.75) is 12.2 Å². The molecule has 2 rings (SSSR count). The van der Waals surface area contributed by atoms with Crippen LogP contribution >= 0.6 is 15.9 Å². The van der Waals surface area contributed by atoms with E-state index in [1.54, 1.807) is 12.4 Å². The van der Waals surface area contributed by atoms with Crippen molar-refractivity contribution in [1.82, 2.24) is 4.98 Å². The summed E-state index contributed by atoms with van der Waals surface area (Å²) in [6, 6.07) is 7.44. The maximum Gasteiger partial charge on any atom is 0.106 e. The predicted molar refractivity (Wildman–Crippen MR) is 66.5 cm³/mol. The van der Waals surface area contributed by atoms with Crippen LogP contribution in [0.25, 0.3) is 10.8 Å². The van der Waals surface area contributed by atoms with E-state index in [0.29, 0.717) is 5.33 Å². The molecule has 4 heteroatoms. The molecule has 2 atom stereocenters. The van der Waals surface area contributed by atoms with E-state index in [1.165, 1.54) is 0 Å². The lowest BCUT2D eigenvalue weighted by atomic mass is 9.99. The van der Waals surface area contributed by atoms with Gasteiger partial charge in [0.25, 0.3) is 0 Å². The minimum Gasteiger partial charge on any atom is -0.389 e. The maximum atomic E-state index is 9.99. The first kappa shape index (κ1) is 11.5. The van der Waals surface area contributed by atoms with E-state index in [1.807, 2.05) is 24.3 Å². The van der Waals surface area contributed by atoms with Gasteiger partial charge in [-0.15, -0.1) is 0 Å². The Balaban J connectivity index is 2.52. The number of alkyl halides is 1. The molecule has 0 amide bonds. The van der Waals surface area contributed by atoms with Crippen LogP contribution in [0.2, 0.25) is 0 Å². The molecule has 1 heterocycles. The van der Waals surface area contributed by atoms with Gasteiger partial charge in [0.2, 0.25) is 0 Å². The Morgan fingerprint density at radius 3 is 2.81 bits per heavy atom. The number of hydrogen-bond donors (Lipinski definition) is 2. The highest BCUT2D eigenvalue weighted by Crippen LogP contribution is 2.26. The Morgan fingerprint density at radius 1 is 1.25 bits per heavy atom. The molecule has 3 nitrogen and oxygen atoms in total. The van der Waals surface area contributed by atoms with Crippen molar-refractivity contribution in [3.05, 3.63) is 42.2 Å². The van der Waals surface area contributed by atoms with E-state index in [0.717, 1.165) is 16.3 Å². The fourth-order valence-corrected chi connectivity index (χ4v) is 2.05. The maximum absolute atomic E-state index is 9.99. The third-order valence-electron chi connectivity index (χ3n) is 2.56. The van der Waals surface area contributed by atoms with Gasteiger partial charge in [0, 0.05) is 23.1 Å². The van der Waals surface area contributed by atoms with E-state index in [9.17, 15) is 10.2 Å². The number of aromatic nitrogens is 1. The number of rotatable bonds is 3. The second-order valence-electron chi connectivity index (χ2n) is 3.61. The first-order valence-electron chi connectivity index (χ1n) is 4.99. The van der Waals surface area contributed by atoms with Gasteiger partial charge in [0.1, 0.15) is 6.10 Å². The Morgan fingerprint density at radius 2 is 2.06 bits per heavy atom. The summed E-state index contributed by atoms with van der Waals surface area (Å²) in [5.41, 5.74) is 0.729. The summed E-state index contributed by atoms with van der Waals surface area (Å²) in [6.45, 7) is 0. The molecule has 0 aliphatic heterocycles. The van der Waals surface area contributed by atoms with E-state index >= 15 is 0 Å². The molecule has 0 fully saturated rings. The van der Waals surface area contributed by atoms with E-state index in [-0.39, 0.29) is 0 Å². The molecule has 84 valence electrons. The quantitative estimate of drug-likeness (QED) is 0.847. The Labute approximate surface area is 102 Å². The van der Waals surface area contributed by atoms with Gasteiger partial charge < -0.3 is 10.2 Å². The highest BCUT2D eigenvalue weighted by atomic mass is 79.9. The van der Waals surface area contributed by atoms with Crippen molar-refractivity contribution in [3.63, 3.8) is 0 Å². The van der Waals surface area contributed by atoms with Crippen LogP contribution in [0, 0.1) is 0 Å². The van der Waals surface area contributed by atoms with Gasteiger partial charge in [-0.1, -0.05) is 34.1 Å². The molecule has 2 unspecified atom stereocenters. The molecule has 1 aromatic carbocycles. The SMILES string of the molecule is OC(CBr)C(O)c1cccc2cnccc12. The molecule has 0 radical (unpaired) electrons. The van der Waals surface area contributed by atoms with Crippen LogP contribution in [0.5, 0.6) is 0 Å². The molecule has 0 bridgehead atoms. The normalized spacial score (nSPS) is 14.9. The molecule has 0 spiro atoms. The van der Waals surface area contributed by atoms with Crippen molar-refractivity contribution in [1.29, 1.82) is 0 Å². The summed E-state index contributed by atoms with van der Waals surface area (Å²) in [5, 5.41) is 21.8. The number of halogens is 1. The molecule has 2 N–H and O–H groups in total. The monoisotopic (exact) mass is 281 g/mol. The zero-order valence-corrected chi connectivity index (χ0v) is 10.1. The summed E-state index contributed by atoms with van der Waals surface area (Å²) >= 11 is 3.15. The van der Waals surface area contributed by atoms with Gasteiger partial charge in [-0.3, -0.25) is 4.98 Å². The summed E-state index contributed by atoms with van der Waals surface area (Å²) < 4.78 is 0. The predicted octanol–water partition coefficient (Wildman–Crippen LogP) is 2.02. The molecule has 2 aromatic rings. The van der Waals surface area contributed by atoms with Gasteiger partial charge in [0.15, 0.2) is 0 Å². The van der Waals surface area contributed by atoms with Gasteiger partial charge >= 0.3 is 0 Å². The Kier molecular flexibility index (Phi) is 3.53. The Hall–Kier alpha value is -0.970. The second kappa shape index (κ2) is 4.91. The Bertz CT molecular complexity index is 484. The van der Waals surface area contributed by atoms with Crippen LogP contribution < -0.4 is 0 Å². The first-order valence-corrected chi connectivity index (χ1v) is 6.11. The molecule has 16 heavy (non-hydrogen) atoms. The van der Waals surface area contributed by atoms with Crippen molar-refractivity contribution in [2.24, 2.45) is 0 Å². The molecule has 0 saturated carbocycles. The van der Waals surface area contributed by atoms with E-state index in [4.69, 9.17) is 0 Å². The van der Waals surface area contributed by atoms with Crippen molar-refractivity contribution < 1.29 is 10.2 Å². The minimum absolute atomic E-state index is 0.343. The lowest BCUT2D eigenvalue weighted by Gasteiger charge is -2.17. The van der Waals surface area contributed by atoms with Gasteiger partial charge in [-0.05, 0) is 17.0 Å². The summed E-state index contributed by atoms with van der Waals surface area (Å²) in [4.78, 5) is 4.02. The highest BCUT2D eigenvalue weighted by Gasteiger charge is 2.18. The van der Waals surface area contributed by atoms with Crippen LogP contribution in [0.1, 0.15) is 11.7 Å². The molecule has 0 saturated heterocycles. The third-order valence-corrected chi connectivity index (χ3v) is 3.22. The van der Waals surface area contributed by atoms with Crippen LogP contribution in [0.3, 0.4) is 0 Å².